The van der Waals surface area contributed by atoms with Gasteiger partial charge in [0.2, 0.25) is 0 Å². The van der Waals surface area contributed by atoms with Crippen molar-refractivity contribution in [2.45, 2.75) is 13.5 Å². The molecular formula is C16H19NO2. The van der Waals surface area contributed by atoms with Crippen LogP contribution in [0, 0.1) is 6.92 Å². The lowest BCUT2D eigenvalue weighted by Gasteiger charge is -2.12. The van der Waals surface area contributed by atoms with E-state index in [2.05, 4.69) is 18.3 Å². The minimum Gasteiger partial charge on any atom is -0.497 e. The van der Waals surface area contributed by atoms with E-state index in [1.807, 2.05) is 36.4 Å². The van der Waals surface area contributed by atoms with Crippen LogP contribution in [0.25, 0.3) is 0 Å². The van der Waals surface area contributed by atoms with Gasteiger partial charge < -0.3 is 14.8 Å². The number of methoxy groups -OCH3 is 2. The van der Waals surface area contributed by atoms with Gasteiger partial charge in [-0.3, -0.25) is 0 Å². The zero-order valence-electron chi connectivity index (χ0n) is 11.6. The quantitative estimate of drug-likeness (QED) is 0.887. The van der Waals surface area contributed by atoms with Crippen LogP contribution in [0.3, 0.4) is 0 Å². The SMILES string of the molecule is COc1ccc(CNc2ccc(C)cc2OC)cc1. The normalized spacial score (nSPS) is 10.1. The molecule has 0 bridgehead atoms. The van der Waals surface area contributed by atoms with Crippen LogP contribution in [0.2, 0.25) is 0 Å². The second-order valence-electron chi connectivity index (χ2n) is 4.41. The average molecular weight is 257 g/mol. The molecule has 0 fully saturated rings. The molecule has 0 saturated carbocycles. The lowest BCUT2D eigenvalue weighted by Crippen LogP contribution is -2.01. The molecule has 0 spiro atoms. The minimum atomic E-state index is 0.753. The lowest BCUT2D eigenvalue weighted by molar-refractivity contribution is 0.414. The van der Waals surface area contributed by atoms with Crippen molar-refractivity contribution in [3.63, 3.8) is 0 Å². The van der Waals surface area contributed by atoms with Crippen LogP contribution in [0.15, 0.2) is 42.5 Å². The van der Waals surface area contributed by atoms with Gasteiger partial charge in [0.1, 0.15) is 11.5 Å². The van der Waals surface area contributed by atoms with Gasteiger partial charge in [-0.25, -0.2) is 0 Å². The van der Waals surface area contributed by atoms with Gasteiger partial charge in [-0.05, 0) is 42.3 Å². The van der Waals surface area contributed by atoms with E-state index in [1.165, 1.54) is 11.1 Å². The molecule has 0 atom stereocenters. The fourth-order valence-corrected chi connectivity index (χ4v) is 1.89. The Morgan fingerprint density at radius 2 is 1.68 bits per heavy atom. The van der Waals surface area contributed by atoms with Crippen LogP contribution in [-0.2, 0) is 6.54 Å². The summed E-state index contributed by atoms with van der Waals surface area (Å²) in [6, 6.07) is 14.2. The molecule has 0 aliphatic carbocycles. The van der Waals surface area contributed by atoms with Gasteiger partial charge in [0.15, 0.2) is 0 Å². The number of anilines is 1. The third-order valence-corrected chi connectivity index (χ3v) is 3.00. The number of ether oxygens (including phenoxy) is 2. The van der Waals surface area contributed by atoms with Crippen molar-refractivity contribution < 1.29 is 9.47 Å². The molecule has 0 heterocycles. The Balaban J connectivity index is 2.05. The molecule has 2 aromatic rings. The molecule has 0 amide bonds. The van der Waals surface area contributed by atoms with Crippen molar-refractivity contribution in [1.29, 1.82) is 0 Å². The monoisotopic (exact) mass is 257 g/mol. The molecule has 1 N–H and O–H groups in total. The average Bonchev–Trinajstić information content (AvgIpc) is 2.46. The molecule has 19 heavy (non-hydrogen) atoms. The summed E-state index contributed by atoms with van der Waals surface area (Å²) in [5, 5.41) is 3.38. The van der Waals surface area contributed by atoms with Crippen LogP contribution in [0.4, 0.5) is 5.69 Å². The number of aryl methyl sites for hydroxylation is 1. The molecule has 0 aliphatic heterocycles. The maximum absolute atomic E-state index is 5.37. The van der Waals surface area contributed by atoms with Crippen LogP contribution in [-0.4, -0.2) is 14.2 Å². The summed E-state index contributed by atoms with van der Waals surface area (Å²) in [5.74, 6) is 1.74. The van der Waals surface area contributed by atoms with Crippen molar-refractivity contribution in [2.75, 3.05) is 19.5 Å². The van der Waals surface area contributed by atoms with Crippen molar-refractivity contribution in [3.05, 3.63) is 53.6 Å². The van der Waals surface area contributed by atoms with Gasteiger partial charge in [-0.1, -0.05) is 18.2 Å². The Morgan fingerprint density at radius 1 is 0.947 bits per heavy atom. The third kappa shape index (κ3) is 3.41. The summed E-state index contributed by atoms with van der Waals surface area (Å²) in [7, 11) is 3.36. The number of nitrogens with one attached hydrogen (secondary N) is 1. The van der Waals surface area contributed by atoms with Gasteiger partial charge in [-0.2, -0.15) is 0 Å². The second kappa shape index (κ2) is 6.14. The van der Waals surface area contributed by atoms with Crippen molar-refractivity contribution in [1.82, 2.24) is 0 Å². The molecule has 0 aliphatic rings. The fraction of sp³-hybridized carbons (Fsp3) is 0.250. The molecule has 100 valence electrons. The summed E-state index contributed by atoms with van der Waals surface area (Å²) in [6.07, 6.45) is 0. The highest BCUT2D eigenvalue weighted by Crippen LogP contribution is 2.25. The van der Waals surface area contributed by atoms with Gasteiger partial charge >= 0.3 is 0 Å². The summed E-state index contributed by atoms with van der Waals surface area (Å²) in [4.78, 5) is 0. The molecule has 0 saturated heterocycles. The van der Waals surface area contributed by atoms with Crippen LogP contribution >= 0.6 is 0 Å². The number of hydrogen-bond acceptors (Lipinski definition) is 3. The molecule has 3 heteroatoms. The van der Waals surface area contributed by atoms with Crippen molar-refractivity contribution >= 4 is 5.69 Å². The zero-order chi connectivity index (χ0) is 13.7. The Morgan fingerprint density at radius 3 is 2.32 bits per heavy atom. The molecular weight excluding hydrogens is 238 g/mol. The summed E-state index contributed by atoms with van der Waals surface area (Å²) in [6.45, 7) is 2.80. The highest BCUT2D eigenvalue weighted by Gasteiger charge is 2.02. The zero-order valence-corrected chi connectivity index (χ0v) is 11.6. The van der Waals surface area contributed by atoms with Gasteiger partial charge in [0, 0.05) is 6.54 Å². The van der Waals surface area contributed by atoms with E-state index >= 15 is 0 Å². The van der Waals surface area contributed by atoms with Crippen LogP contribution in [0.1, 0.15) is 11.1 Å². The second-order valence-corrected chi connectivity index (χ2v) is 4.41. The van der Waals surface area contributed by atoms with E-state index in [4.69, 9.17) is 9.47 Å². The smallest absolute Gasteiger partial charge is 0.142 e. The Hall–Kier alpha value is -2.16. The fourth-order valence-electron chi connectivity index (χ4n) is 1.89. The first-order valence-corrected chi connectivity index (χ1v) is 6.24. The molecule has 0 aromatic heterocycles. The largest absolute Gasteiger partial charge is 0.497 e. The molecule has 0 unspecified atom stereocenters. The Bertz CT molecular complexity index is 535. The van der Waals surface area contributed by atoms with E-state index < -0.39 is 0 Å². The standard InChI is InChI=1S/C16H19NO2/c1-12-4-9-15(16(10-12)19-3)17-11-13-5-7-14(18-2)8-6-13/h4-10,17H,11H2,1-3H3. The van der Waals surface area contributed by atoms with E-state index in [0.29, 0.717) is 0 Å². The lowest BCUT2D eigenvalue weighted by atomic mass is 10.2. The first-order chi connectivity index (χ1) is 9.22. The molecule has 2 rings (SSSR count). The maximum atomic E-state index is 5.37. The minimum absolute atomic E-state index is 0.753. The number of rotatable bonds is 5. The Labute approximate surface area is 114 Å². The molecule has 3 nitrogen and oxygen atoms in total. The van der Waals surface area contributed by atoms with Crippen molar-refractivity contribution in [2.24, 2.45) is 0 Å². The third-order valence-electron chi connectivity index (χ3n) is 3.00. The molecule has 2 aromatic carbocycles. The maximum Gasteiger partial charge on any atom is 0.142 e. The molecule has 0 radical (unpaired) electrons. The predicted octanol–water partition coefficient (Wildman–Crippen LogP) is 3.62. The van der Waals surface area contributed by atoms with Crippen LogP contribution < -0.4 is 14.8 Å². The first-order valence-electron chi connectivity index (χ1n) is 6.24. The topological polar surface area (TPSA) is 30.5 Å². The van der Waals surface area contributed by atoms with Gasteiger partial charge in [-0.15, -0.1) is 0 Å². The van der Waals surface area contributed by atoms with E-state index in [9.17, 15) is 0 Å². The first kappa shape index (κ1) is 13.3. The van der Waals surface area contributed by atoms with Gasteiger partial charge in [0.05, 0.1) is 19.9 Å². The Kier molecular flexibility index (Phi) is 4.29. The highest BCUT2D eigenvalue weighted by atomic mass is 16.5. The van der Waals surface area contributed by atoms with E-state index in [0.717, 1.165) is 23.7 Å². The summed E-state index contributed by atoms with van der Waals surface area (Å²) >= 11 is 0. The number of hydrogen-bond donors (Lipinski definition) is 1. The van der Waals surface area contributed by atoms with Crippen molar-refractivity contribution in [3.8, 4) is 11.5 Å². The van der Waals surface area contributed by atoms with E-state index in [1.54, 1.807) is 14.2 Å². The highest BCUT2D eigenvalue weighted by molar-refractivity contribution is 5.57. The van der Waals surface area contributed by atoms with Gasteiger partial charge in [0.25, 0.3) is 0 Å². The predicted molar refractivity (Wildman–Crippen MR) is 78.1 cm³/mol. The summed E-state index contributed by atoms with van der Waals surface area (Å²) in [5.41, 5.74) is 3.39. The number of benzene rings is 2. The van der Waals surface area contributed by atoms with Crippen LogP contribution in [0.5, 0.6) is 11.5 Å². The van der Waals surface area contributed by atoms with E-state index in [-0.39, 0.29) is 0 Å². The summed E-state index contributed by atoms with van der Waals surface area (Å²) < 4.78 is 10.5.